The monoisotopic (exact) mass is 395 g/mol. The number of alkyl halides is 3. The Hall–Kier alpha value is -2.77. The van der Waals surface area contributed by atoms with Crippen LogP contribution in [0.2, 0.25) is 0 Å². The van der Waals surface area contributed by atoms with E-state index in [-0.39, 0.29) is 18.4 Å². The lowest BCUT2D eigenvalue weighted by Gasteiger charge is -2.17. The number of aryl methyl sites for hydroxylation is 2. The van der Waals surface area contributed by atoms with Gasteiger partial charge in [0.25, 0.3) is 0 Å². The first kappa shape index (κ1) is 20.0. The van der Waals surface area contributed by atoms with Crippen molar-refractivity contribution in [2.75, 3.05) is 13.1 Å². The Morgan fingerprint density at radius 2 is 1.96 bits per heavy atom. The molecule has 3 rings (SSSR count). The van der Waals surface area contributed by atoms with Crippen molar-refractivity contribution in [1.82, 2.24) is 4.90 Å². The number of nitrogens with zero attached hydrogens (tertiary/aromatic N) is 1. The van der Waals surface area contributed by atoms with Gasteiger partial charge in [-0.15, -0.1) is 0 Å². The molecule has 0 unspecified atom stereocenters. The van der Waals surface area contributed by atoms with Crippen molar-refractivity contribution in [3.8, 4) is 5.75 Å². The average molecular weight is 395 g/mol. The molecule has 1 fully saturated rings. The van der Waals surface area contributed by atoms with E-state index in [4.69, 9.17) is 9.15 Å². The highest BCUT2D eigenvalue weighted by atomic mass is 19.4. The molecule has 5 nitrogen and oxygen atoms in total. The fourth-order valence-corrected chi connectivity index (χ4v) is 3.16. The van der Waals surface area contributed by atoms with Crippen LogP contribution in [0.25, 0.3) is 0 Å². The quantitative estimate of drug-likeness (QED) is 0.777. The fourth-order valence-electron chi connectivity index (χ4n) is 3.16. The largest absolute Gasteiger partial charge is 0.488 e. The third kappa shape index (κ3) is 5.15. The topological polar surface area (TPSA) is 59.8 Å². The van der Waals surface area contributed by atoms with Gasteiger partial charge in [0, 0.05) is 25.5 Å². The van der Waals surface area contributed by atoms with Crippen LogP contribution in [0.15, 0.2) is 45.6 Å². The first-order valence-corrected chi connectivity index (χ1v) is 8.93. The highest BCUT2D eigenvalue weighted by molar-refractivity contribution is 5.76. The van der Waals surface area contributed by atoms with Crippen molar-refractivity contribution < 1.29 is 27.1 Å². The molecule has 1 aromatic heterocycles. The maximum absolute atomic E-state index is 12.6. The minimum Gasteiger partial charge on any atom is -0.488 e. The van der Waals surface area contributed by atoms with E-state index in [0.29, 0.717) is 43.0 Å². The number of amides is 1. The number of carbonyl (C=O) groups excluding carboxylic acids is 1. The van der Waals surface area contributed by atoms with Crippen LogP contribution in [0.3, 0.4) is 0 Å². The zero-order valence-electron chi connectivity index (χ0n) is 15.3. The Balaban J connectivity index is 1.50. The lowest BCUT2D eigenvalue weighted by Crippen LogP contribution is -2.31. The molecule has 0 saturated carbocycles. The standard InChI is InChI=1S/C20H20F3NO4/c1-13-10-17(11-19(26)27-13)28-16-8-9-24(12-16)18(25)7-4-14-2-5-15(6-3-14)20(21,22)23/h2-3,5-6,10-11,16H,4,7-9,12H2,1H3/t16-/m0/s1. The molecule has 1 aromatic carbocycles. The van der Waals surface area contributed by atoms with Crippen molar-refractivity contribution in [3.05, 3.63) is 63.7 Å². The molecule has 2 heterocycles. The zero-order chi connectivity index (χ0) is 20.3. The van der Waals surface area contributed by atoms with Gasteiger partial charge in [0.1, 0.15) is 17.6 Å². The van der Waals surface area contributed by atoms with Crippen molar-refractivity contribution in [2.45, 2.75) is 38.5 Å². The van der Waals surface area contributed by atoms with Crippen molar-refractivity contribution in [3.63, 3.8) is 0 Å². The molecule has 150 valence electrons. The van der Waals surface area contributed by atoms with E-state index in [9.17, 15) is 22.8 Å². The fraction of sp³-hybridized carbons (Fsp3) is 0.400. The molecular formula is C20H20F3NO4. The zero-order valence-corrected chi connectivity index (χ0v) is 15.3. The van der Waals surface area contributed by atoms with Crippen LogP contribution in [0.4, 0.5) is 13.2 Å². The van der Waals surface area contributed by atoms with Crippen LogP contribution in [0.5, 0.6) is 5.75 Å². The highest BCUT2D eigenvalue weighted by Gasteiger charge is 2.30. The second-order valence-corrected chi connectivity index (χ2v) is 6.79. The van der Waals surface area contributed by atoms with Crippen LogP contribution in [0.1, 0.15) is 29.7 Å². The van der Waals surface area contributed by atoms with Crippen LogP contribution < -0.4 is 10.4 Å². The van der Waals surface area contributed by atoms with Gasteiger partial charge in [-0.1, -0.05) is 12.1 Å². The molecule has 0 radical (unpaired) electrons. The number of benzene rings is 1. The summed E-state index contributed by atoms with van der Waals surface area (Å²) in [5.41, 5.74) is -0.510. The number of hydrogen-bond acceptors (Lipinski definition) is 4. The lowest BCUT2D eigenvalue weighted by molar-refractivity contribution is -0.137. The summed E-state index contributed by atoms with van der Waals surface area (Å²) in [6.45, 7) is 2.60. The third-order valence-electron chi connectivity index (χ3n) is 4.58. The molecule has 1 aliphatic heterocycles. The van der Waals surface area contributed by atoms with Gasteiger partial charge in [-0.25, -0.2) is 4.79 Å². The minimum atomic E-state index is -4.36. The normalized spacial score (nSPS) is 17.0. The van der Waals surface area contributed by atoms with Gasteiger partial charge in [-0.05, 0) is 31.0 Å². The number of likely N-dealkylation sites (tertiary alicyclic amines) is 1. The minimum absolute atomic E-state index is 0.0743. The van der Waals surface area contributed by atoms with Crippen molar-refractivity contribution in [2.24, 2.45) is 0 Å². The Kier molecular flexibility index (Phi) is 5.76. The van der Waals surface area contributed by atoms with Gasteiger partial charge in [0.15, 0.2) is 0 Å². The molecule has 1 amide bonds. The Labute approximate surface area is 159 Å². The Morgan fingerprint density at radius 3 is 2.61 bits per heavy atom. The van der Waals surface area contributed by atoms with Crippen molar-refractivity contribution >= 4 is 5.91 Å². The van der Waals surface area contributed by atoms with Gasteiger partial charge >= 0.3 is 11.8 Å². The molecule has 0 N–H and O–H groups in total. The number of ether oxygens (including phenoxy) is 1. The average Bonchev–Trinajstić information content (AvgIpc) is 3.07. The predicted molar refractivity (Wildman–Crippen MR) is 95.1 cm³/mol. The molecule has 28 heavy (non-hydrogen) atoms. The number of hydrogen-bond donors (Lipinski definition) is 0. The summed E-state index contributed by atoms with van der Waals surface area (Å²) in [5, 5.41) is 0. The Morgan fingerprint density at radius 1 is 1.25 bits per heavy atom. The van der Waals surface area contributed by atoms with E-state index in [1.165, 1.54) is 18.2 Å². The molecule has 1 aliphatic rings. The molecule has 8 heteroatoms. The highest BCUT2D eigenvalue weighted by Crippen LogP contribution is 2.29. The van der Waals surface area contributed by atoms with E-state index in [0.717, 1.165) is 12.1 Å². The first-order valence-electron chi connectivity index (χ1n) is 8.93. The van der Waals surface area contributed by atoms with Gasteiger partial charge in [0.2, 0.25) is 5.91 Å². The SMILES string of the molecule is Cc1cc(O[C@H]2CCN(C(=O)CCc3ccc(C(F)(F)F)cc3)C2)cc(=O)o1. The molecule has 1 atom stereocenters. The van der Waals surface area contributed by atoms with Gasteiger partial charge in [-0.3, -0.25) is 4.79 Å². The summed E-state index contributed by atoms with van der Waals surface area (Å²) >= 11 is 0. The van der Waals surface area contributed by atoms with Crippen LogP contribution in [-0.2, 0) is 17.4 Å². The molecule has 0 bridgehead atoms. The second-order valence-electron chi connectivity index (χ2n) is 6.79. The van der Waals surface area contributed by atoms with E-state index >= 15 is 0 Å². The van der Waals surface area contributed by atoms with Crippen LogP contribution in [0, 0.1) is 6.92 Å². The molecule has 2 aromatic rings. The van der Waals surface area contributed by atoms with Crippen LogP contribution in [-0.4, -0.2) is 30.0 Å². The van der Waals surface area contributed by atoms with Crippen LogP contribution >= 0.6 is 0 Å². The van der Waals surface area contributed by atoms with Gasteiger partial charge < -0.3 is 14.1 Å². The van der Waals surface area contributed by atoms with E-state index in [2.05, 4.69) is 0 Å². The number of halogens is 3. The van der Waals surface area contributed by atoms with E-state index in [1.54, 1.807) is 17.9 Å². The smallest absolute Gasteiger partial charge is 0.416 e. The van der Waals surface area contributed by atoms with Crippen molar-refractivity contribution in [1.29, 1.82) is 0 Å². The summed E-state index contributed by atoms with van der Waals surface area (Å²) in [6, 6.07) is 7.74. The maximum atomic E-state index is 12.6. The van der Waals surface area contributed by atoms with E-state index in [1.807, 2.05) is 0 Å². The number of carbonyl (C=O) groups is 1. The number of rotatable bonds is 5. The van der Waals surface area contributed by atoms with Gasteiger partial charge in [0.05, 0.1) is 18.2 Å². The Bertz CT molecular complexity index is 890. The lowest BCUT2D eigenvalue weighted by atomic mass is 10.1. The second kappa shape index (κ2) is 8.08. The molecule has 1 saturated heterocycles. The van der Waals surface area contributed by atoms with E-state index < -0.39 is 17.4 Å². The maximum Gasteiger partial charge on any atom is 0.416 e. The molecule has 0 aliphatic carbocycles. The predicted octanol–water partition coefficient (Wildman–Crippen LogP) is 3.58. The van der Waals surface area contributed by atoms with Gasteiger partial charge in [-0.2, -0.15) is 13.2 Å². The summed E-state index contributed by atoms with van der Waals surface area (Å²) in [6.07, 6.45) is -3.34. The third-order valence-corrected chi connectivity index (χ3v) is 4.58. The summed E-state index contributed by atoms with van der Waals surface area (Å²) < 4.78 is 48.4. The summed E-state index contributed by atoms with van der Waals surface area (Å²) in [7, 11) is 0. The molecule has 0 spiro atoms. The summed E-state index contributed by atoms with van der Waals surface area (Å²) in [5.74, 6) is 0.789. The first-order chi connectivity index (χ1) is 13.2. The molecular weight excluding hydrogens is 375 g/mol. The summed E-state index contributed by atoms with van der Waals surface area (Å²) in [4.78, 5) is 25.4.